The molecule has 1 saturated carbocycles. The maximum atomic E-state index is 12.6. The number of aromatic nitrogens is 1. The van der Waals surface area contributed by atoms with E-state index in [2.05, 4.69) is 31.6 Å². The molecule has 8 nitrogen and oxygen atoms in total. The Kier molecular flexibility index (Phi) is 7.09. The fourth-order valence-corrected chi connectivity index (χ4v) is 5.14. The third kappa shape index (κ3) is 5.38. The fraction of sp³-hybridized carbons (Fsp3) is 0.370. The Labute approximate surface area is 205 Å². The number of carbonyl (C=O) groups excluding carboxylic acids is 1. The second kappa shape index (κ2) is 10.7. The third-order valence-electron chi connectivity index (χ3n) is 6.93. The van der Waals surface area contributed by atoms with E-state index in [0.717, 1.165) is 54.9 Å². The van der Waals surface area contributed by atoms with E-state index in [1.807, 2.05) is 42.6 Å². The van der Waals surface area contributed by atoms with Crippen molar-refractivity contribution in [3.8, 4) is 5.75 Å². The predicted octanol–water partition coefficient (Wildman–Crippen LogP) is 4.28. The van der Waals surface area contributed by atoms with Crippen LogP contribution in [0, 0.1) is 11.8 Å². The molecular formula is C27H30N6O2. The molecule has 0 bridgehead atoms. The average Bonchev–Trinajstić information content (AvgIpc) is 2.90. The van der Waals surface area contributed by atoms with Crippen LogP contribution in [0.25, 0.3) is 0 Å². The molecule has 4 unspecified atom stereocenters. The highest BCUT2D eigenvalue weighted by Gasteiger charge is 2.39. The molecule has 5 rings (SSSR count). The molecule has 8 heteroatoms. The Morgan fingerprint density at radius 3 is 2.49 bits per heavy atom. The summed E-state index contributed by atoms with van der Waals surface area (Å²) in [6.45, 7) is 0. The Morgan fingerprint density at radius 1 is 0.943 bits per heavy atom. The second-order valence-corrected chi connectivity index (χ2v) is 9.17. The number of aliphatic imine (C=N–C) groups is 1. The van der Waals surface area contributed by atoms with Gasteiger partial charge in [-0.25, -0.2) is 4.79 Å². The molecule has 1 aliphatic carbocycles. The van der Waals surface area contributed by atoms with Gasteiger partial charge in [-0.3, -0.25) is 9.98 Å². The van der Waals surface area contributed by atoms with Crippen LogP contribution in [-0.4, -0.2) is 40.3 Å². The molecule has 0 spiro atoms. The molecular weight excluding hydrogens is 440 g/mol. The Bertz CT molecular complexity index is 1160. The monoisotopic (exact) mass is 470 g/mol. The average molecular weight is 471 g/mol. The molecule has 180 valence electrons. The molecule has 3 heterocycles. The lowest BCUT2D eigenvalue weighted by molar-refractivity contribution is 0.189. The summed E-state index contributed by atoms with van der Waals surface area (Å²) in [6.07, 6.45) is 10.1. The molecule has 3 N–H and O–H groups in total. The van der Waals surface area contributed by atoms with Gasteiger partial charge in [0.25, 0.3) is 0 Å². The van der Waals surface area contributed by atoms with Gasteiger partial charge < -0.3 is 15.8 Å². The third-order valence-corrected chi connectivity index (χ3v) is 6.93. The molecule has 1 aromatic heterocycles. The number of nitrogens with one attached hydrogen (secondary N) is 1. The number of hydrogen-bond acceptors (Lipinski definition) is 7. The zero-order valence-electron chi connectivity index (χ0n) is 19.6. The highest BCUT2D eigenvalue weighted by Crippen LogP contribution is 2.35. The van der Waals surface area contributed by atoms with Crippen LogP contribution in [-0.2, 0) is 0 Å². The zero-order valence-corrected chi connectivity index (χ0v) is 19.6. The van der Waals surface area contributed by atoms with Gasteiger partial charge in [-0.05, 0) is 62.8 Å². The Balaban J connectivity index is 1.37. The number of pyridine rings is 1. The van der Waals surface area contributed by atoms with Crippen LogP contribution in [0.15, 0.2) is 82.2 Å². The number of para-hydroxylation sites is 1. The van der Waals surface area contributed by atoms with Gasteiger partial charge in [0.15, 0.2) is 0 Å². The molecule has 1 aromatic carbocycles. The molecule has 0 radical (unpaired) electrons. The lowest BCUT2D eigenvalue weighted by Gasteiger charge is -2.37. The van der Waals surface area contributed by atoms with Crippen molar-refractivity contribution in [1.29, 1.82) is 0 Å². The normalized spacial score (nSPS) is 26.3. The van der Waals surface area contributed by atoms with Gasteiger partial charge >= 0.3 is 6.09 Å². The van der Waals surface area contributed by atoms with Crippen LogP contribution in [0.2, 0.25) is 0 Å². The predicted molar refractivity (Wildman–Crippen MR) is 137 cm³/mol. The molecule has 0 saturated heterocycles. The number of nitrogens with zero attached hydrogens (tertiary/aromatic N) is 4. The van der Waals surface area contributed by atoms with Crippen LogP contribution < -0.4 is 15.8 Å². The van der Waals surface area contributed by atoms with E-state index >= 15 is 0 Å². The first kappa shape index (κ1) is 23.1. The summed E-state index contributed by atoms with van der Waals surface area (Å²) < 4.78 is 5.45. The summed E-state index contributed by atoms with van der Waals surface area (Å²) in [5, 5.41) is 12.4. The molecule has 1 amide bonds. The molecule has 2 aliphatic heterocycles. The van der Waals surface area contributed by atoms with Crippen molar-refractivity contribution < 1.29 is 9.53 Å². The van der Waals surface area contributed by atoms with E-state index in [4.69, 9.17) is 10.5 Å². The van der Waals surface area contributed by atoms with Crippen molar-refractivity contribution in [3.63, 3.8) is 0 Å². The second-order valence-electron chi connectivity index (χ2n) is 9.17. The van der Waals surface area contributed by atoms with Gasteiger partial charge in [0.2, 0.25) is 0 Å². The number of rotatable bonds is 4. The van der Waals surface area contributed by atoms with E-state index in [9.17, 15) is 4.79 Å². The summed E-state index contributed by atoms with van der Waals surface area (Å²) in [5.41, 5.74) is 10.3. The molecule has 2 aromatic rings. The van der Waals surface area contributed by atoms with Gasteiger partial charge in [0, 0.05) is 36.3 Å². The number of ether oxygens (including phenoxy) is 1. The quantitative estimate of drug-likeness (QED) is 0.694. The largest absolute Gasteiger partial charge is 0.412 e. The van der Waals surface area contributed by atoms with Crippen molar-refractivity contribution in [3.05, 3.63) is 72.7 Å². The van der Waals surface area contributed by atoms with E-state index in [1.165, 1.54) is 0 Å². The number of hydrogen-bond donors (Lipinski definition) is 2. The maximum Gasteiger partial charge on any atom is 0.412 e. The van der Waals surface area contributed by atoms with Crippen molar-refractivity contribution in [2.24, 2.45) is 32.8 Å². The van der Waals surface area contributed by atoms with Crippen molar-refractivity contribution >= 4 is 23.2 Å². The highest BCUT2D eigenvalue weighted by molar-refractivity contribution is 6.44. The topological polar surface area (TPSA) is 114 Å². The van der Waals surface area contributed by atoms with Gasteiger partial charge in [0.05, 0.1) is 22.8 Å². The smallest absolute Gasteiger partial charge is 0.410 e. The standard InChI is InChI=1S/C27H30N6O2/c28-21-14-12-19-20(13-15-22(21)31-27(34)35-18-8-2-1-3-9-18)26(24-11-5-7-17-30-24)33-32-25(19)23-10-4-6-16-29-23/h1-4,6-10,16-17,19-22H,5,11-15,28H2,(H,31,34). The van der Waals surface area contributed by atoms with Crippen molar-refractivity contribution in [2.45, 2.75) is 50.6 Å². The van der Waals surface area contributed by atoms with Crippen LogP contribution in [0.3, 0.4) is 0 Å². The first-order chi connectivity index (χ1) is 17.2. The molecule has 1 fully saturated rings. The molecule has 4 atom stereocenters. The summed E-state index contributed by atoms with van der Waals surface area (Å²) in [6, 6.07) is 14.5. The lowest BCUT2D eigenvalue weighted by atomic mass is 9.72. The van der Waals surface area contributed by atoms with Crippen molar-refractivity contribution in [1.82, 2.24) is 10.3 Å². The SMILES string of the molecule is NC1CCC2C(c3ccccn3)=NN=C(C3=NC=CCC3)C2CCC1NC(=O)Oc1ccccc1. The zero-order chi connectivity index (χ0) is 24.0. The minimum atomic E-state index is -0.483. The van der Waals surface area contributed by atoms with E-state index in [1.54, 1.807) is 18.3 Å². The first-order valence-corrected chi connectivity index (χ1v) is 12.3. The summed E-state index contributed by atoms with van der Waals surface area (Å²) in [7, 11) is 0. The Morgan fingerprint density at radius 2 is 1.71 bits per heavy atom. The lowest BCUT2D eigenvalue weighted by Crippen LogP contribution is -2.51. The van der Waals surface area contributed by atoms with Gasteiger partial charge in [0.1, 0.15) is 5.75 Å². The van der Waals surface area contributed by atoms with E-state index in [0.29, 0.717) is 12.2 Å². The van der Waals surface area contributed by atoms with Gasteiger partial charge in [-0.15, -0.1) is 0 Å². The van der Waals surface area contributed by atoms with E-state index in [-0.39, 0.29) is 23.9 Å². The van der Waals surface area contributed by atoms with Crippen LogP contribution in [0.1, 0.15) is 44.2 Å². The van der Waals surface area contributed by atoms with Crippen LogP contribution >= 0.6 is 0 Å². The first-order valence-electron chi connectivity index (χ1n) is 12.3. The minimum Gasteiger partial charge on any atom is -0.410 e. The summed E-state index contributed by atoms with van der Waals surface area (Å²) >= 11 is 0. The van der Waals surface area contributed by atoms with Crippen LogP contribution in [0.4, 0.5) is 4.79 Å². The maximum absolute atomic E-state index is 12.6. The summed E-state index contributed by atoms with van der Waals surface area (Å²) in [5.74, 6) is 0.789. The fourth-order valence-electron chi connectivity index (χ4n) is 5.14. The van der Waals surface area contributed by atoms with E-state index < -0.39 is 6.09 Å². The molecule has 3 aliphatic rings. The number of carbonyl (C=O) groups is 1. The number of amides is 1. The van der Waals surface area contributed by atoms with Gasteiger partial charge in [-0.2, -0.15) is 10.2 Å². The number of allylic oxidation sites excluding steroid dienone is 1. The highest BCUT2D eigenvalue weighted by atomic mass is 16.6. The number of nitrogens with two attached hydrogens (primary N) is 1. The Hall–Kier alpha value is -3.65. The number of benzene rings is 1. The number of fused-ring (bicyclic) bond motifs is 1. The van der Waals surface area contributed by atoms with Crippen LogP contribution in [0.5, 0.6) is 5.75 Å². The summed E-state index contributed by atoms with van der Waals surface area (Å²) in [4.78, 5) is 21.8. The van der Waals surface area contributed by atoms with Crippen molar-refractivity contribution in [2.75, 3.05) is 0 Å². The molecule has 35 heavy (non-hydrogen) atoms. The van der Waals surface area contributed by atoms with Gasteiger partial charge in [-0.1, -0.05) is 30.3 Å². The minimum absolute atomic E-state index is 0.136.